The Balaban J connectivity index is 2.35. The van der Waals surface area contributed by atoms with Gasteiger partial charge in [-0.2, -0.15) is 0 Å². The van der Waals surface area contributed by atoms with Crippen LogP contribution in [0.2, 0.25) is 0 Å². The van der Waals surface area contributed by atoms with Gasteiger partial charge < -0.3 is 20.0 Å². The molecule has 0 saturated carbocycles. The van der Waals surface area contributed by atoms with Crippen molar-refractivity contribution in [1.82, 2.24) is 9.38 Å². The second-order valence-electron chi connectivity index (χ2n) is 5.43. The van der Waals surface area contributed by atoms with E-state index < -0.39 is 5.97 Å². The first kappa shape index (κ1) is 14.9. The number of ether oxygens (including phenoxy) is 1. The lowest BCUT2D eigenvalue weighted by Gasteiger charge is -2.13. The van der Waals surface area contributed by atoms with Crippen molar-refractivity contribution in [2.24, 2.45) is 0 Å². The Morgan fingerprint density at radius 1 is 1.30 bits per heavy atom. The number of nitrogens with zero attached hydrogens (tertiary/aromatic N) is 2. The zero-order chi connectivity index (χ0) is 16.7. The fourth-order valence-corrected chi connectivity index (χ4v) is 2.79. The Hall–Kier alpha value is -3.02. The van der Waals surface area contributed by atoms with Crippen molar-refractivity contribution < 1.29 is 14.6 Å². The number of aromatic nitrogens is 2. The number of rotatable bonds is 2. The van der Waals surface area contributed by atoms with Crippen molar-refractivity contribution in [2.75, 3.05) is 12.8 Å². The molecule has 118 valence electrons. The van der Waals surface area contributed by atoms with E-state index in [1.54, 1.807) is 22.7 Å². The van der Waals surface area contributed by atoms with Crippen LogP contribution in [0.15, 0.2) is 30.6 Å². The Kier molecular flexibility index (Phi) is 3.44. The first-order chi connectivity index (χ1) is 10.9. The van der Waals surface area contributed by atoms with Crippen LogP contribution in [0.1, 0.15) is 21.5 Å². The summed E-state index contributed by atoms with van der Waals surface area (Å²) in [4.78, 5) is 16.3. The summed E-state index contributed by atoms with van der Waals surface area (Å²) >= 11 is 0. The van der Waals surface area contributed by atoms with Crippen LogP contribution in [0, 0.1) is 13.8 Å². The van der Waals surface area contributed by atoms with Gasteiger partial charge in [0.2, 0.25) is 0 Å². The number of aromatic hydroxyl groups is 1. The topological polar surface area (TPSA) is 89.8 Å². The number of benzene rings is 1. The summed E-state index contributed by atoms with van der Waals surface area (Å²) in [7, 11) is 1.32. The lowest BCUT2D eigenvalue weighted by molar-refractivity contribution is 0.0602. The normalized spacial score (nSPS) is 10.9. The van der Waals surface area contributed by atoms with Gasteiger partial charge in [-0.1, -0.05) is 6.07 Å². The van der Waals surface area contributed by atoms with E-state index in [1.165, 1.54) is 7.11 Å². The van der Waals surface area contributed by atoms with Crippen molar-refractivity contribution >= 4 is 17.4 Å². The Morgan fingerprint density at radius 2 is 2.04 bits per heavy atom. The average molecular weight is 311 g/mol. The summed E-state index contributed by atoms with van der Waals surface area (Å²) < 4.78 is 6.54. The molecule has 0 saturated heterocycles. The fourth-order valence-electron chi connectivity index (χ4n) is 2.79. The van der Waals surface area contributed by atoms with Gasteiger partial charge in [-0.25, -0.2) is 9.78 Å². The van der Waals surface area contributed by atoms with Crippen LogP contribution >= 0.6 is 0 Å². The van der Waals surface area contributed by atoms with Gasteiger partial charge in [-0.3, -0.25) is 0 Å². The maximum Gasteiger partial charge on any atom is 0.341 e. The molecule has 0 fully saturated rings. The largest absolute Gasteiger partial charge is 0.508 e. The molecule has 3 N–H and O–H groups in total. The summed E-state index contributed by atoms with van der Waals surface area (Å²) in [5, 5.41) is 10.00. The van der Waals surface area contributed by atoms with Crippen LogP contribution in [-0.2, 0) is 4.74 Å². The molecule has 2 heterocycles. The molecular formula is C17H17N3O3. The first-order valence-corrected chi connectivity index (χ1v) is 7.08. The lowest BCUT2D eigenvalue weighted by Crippen LogP contribution is -2.05. The van der Waals surface area contributed by atoms with Gasteiger partial charge in [0, 0.05) is 6.20 Å². The lowest BCUT2D eigenvalue weighted by atomic mass is 9.95. The highest BCUT2D eigenvalue weighted by Crippen LogP contribution is 2.33. The molecule has 6 heteroatoms. The number of phenolic OH excluding ortho intramolecular Hbond substituents is 1. The van der Waals surface area contributed by atoms with Gasteiger partial charge in [-0.15, -0.1) is 0 Å². The summed E-state index contributed by atoms with van der Waals surface area (Å²) in [6.45, 7) is 3.79. The van der Waals surface area contributed by atoms with Crippen LogP contribution in [0.4, 0.5) is 5.82 Å². The molecule has 6 nitrogen and oxygen atoms in total. The number of nitrogens with two attached hydrogens (primary N) is 1. The molecule has 0 atom stereocenters. The molecule has 0 spiro atoms. The molecule has 3 rings (SSSR count). The summed E-state index contributed by atoms with van der Waals surface area (Å²) in [5.74, 6) is 0.0324. The van der Waals surface area contributed by atoms with Crippen molar-refractivity contribution in [1.29, 1.82) is 0 Å². The van der Waals surface area contributed by atoms with Crippen molar-refractivity contribution in [3.63, 3.8) is 0 Å². The zero-order valence-electron chi connectivity index (χ0n) is 13.1. The predicted molar refractivity (Wildman–Crippen MR) is 87.5 cm³/mol. The number of carbonyl (C=O) groups is 1. The number of carbonyl (C=O) groups excluding carboxylic acids is 1. The molecule has 0 bridgehead atoms. The second-order valence-corrected chi connectivity index (χ2v) is 5.43. The summed E-state index contributed by atoms with van der Waals surface area (Å²) in [6.07, 6.45) is 3.47. The number of pyridine rings is 1. The quantitative estimate of drug-likeness (QED) is 0.710. The molecule has 2 aromatic heterocycles. The number of esters is 1. The van der Waals surface area contributed by atoms with Crippen LogP contribution in [0.5, 0.6) is 5.75 Å². The number of imidazole rings is 1. The molecule has 0 aliphatic rings. The maximum absolute atomic E-state index is 12.1. The maximum atomic E-state index is 12.1. The highest BCUT2D eigenvalue weighted by Gasteiger charge is 2.18. The molecule has 0 unspecified atom stereocenters. The summed E-state index contributed by atoms with van der Waals surface area (Å²) in [6, 6.07) is 5.20. The van der Waals surface area contributed by atoms with Gasteiger partial charge in [-0.05, 0) is 48.2 Å². The van der Waals surface area contributed by atoms with Gasteiger partial charge in [0.1, 0.15) is 17.1 Å². The van der Waals surface area contributed by atoms with E-state index >= 15 is 0 Å². The number of fused-ring (bicyclic) bond motifs is 1. The molecule has 0 aliphatic carbocycles. The monoisotopic (exact) mass is 311 g/mol. The highest BCUT2D eigenvalue weighted by molar-refractivity contribution is 5.97. The van der Waals surface area contributed by atoms with E-state index in [0.29, 0.717) is 17.0 Å². The number of aryl methyl sites for hydroxylation is 1. The van der Waals surface area contributed by atoms with Crippen LogP contribution in [0.25, 0.3) is 16.8 Å². The third-order valence-corrected chi connectivity index (χ3v) is 3.91. The average Bonchev–Trinajstić information content (AvgIpc) is 2.90. The number of phenols is 1. The number of anilines is 1. The Labute approximate surface area is 133 Å². The minimum absolute atomic E-state index is 0.204. The van der Waals surface area contributed by atoms with E-state index in [1.807, 2.05) is 26.1 Å². The van der Waals surface area contributed by atoms with Crippen molar-refractivity contribution in [3.8, 4) is 16.9 Å². The van der Waals surface area contributed by atoms with E-state index in [9.17, 15) is 9.90 Å². The minimum atomic E-state index is -0.488. The van der Waals surface area contributed by atoms with Gasteiger partial charge in [0.05, 0.1) is 13.3 Å². The highest BCUT2D eigenvalue weighted by atomic mass is 16.5. The third-order valence-electron chi connectivity index (χ3n) is 3.91. The van der Waals surface area contributed by atoms with E-state index in [0.717, 1.165) is 22.3 Å². The van der Waals surface area contributed by atoms with Gasteiger partial charge in [0.25, 0.3) is 0 Å². The van der Waals surface area contributed by atoms with Gasteiger partial charge >= 0.3 is 5.97 Å². The fraction of sp³-hybridized carbons (Fsp3) is 0.176. The molecule has 0 aliphatic heterocycles. The van der Waals surface area contributed by atoms with Gasteiger partial charge in [0.15, 0.2) is 5.65 Å². The van der Waals surface area contributed by atoms with E-state index in [4.69, 9.17) is 10.5 Å². The standard InChI is InChI=1S/C17H17N3O3/c1-9-4-5-13(21)10(2)15(9)11-6-12(17(22)23-3)16-19-14(18)8-20(16)7-11/h4-8,21H,18H2,1-3H3. The third kappa shape index (κ3) is 2.38. The molecule has 0 radical (unpaired) electrons. The Bertz CT molecular complexity index is 928. The Morgan fingerprint density at radius 3 is 2.74 bits per heavy atom. The predicted octanol–water partition coefficient (Wildman–Crippen LogP) is 2.69. The van der Waals surface area contributed by atoms with Crippen molar-refractivity contribution in [3.05, 3.63) is 47.3 Å². The minimum Gasteiger partial charge on any atom is -0.508 e. The number of nitrogen functional groups attached to an aromatic ring is 1. The van der Waals surface area contributed by atoms with E-state index in [-0.39, 0.29) is 5.75 Å². The first-order valence-electron chi connectivity index (χ1n) is 7.08. The number of methoxy groups -OCH3 is 1. The second kappa shape index (κ2) is 5.31. The van der Waals surface area contributed by atoms with Crippen LogP contribution in [0.3, 0.4) is 0 Å². The molecule has 3 aromatic rings. The van der Waals surface area contributed by atoms with E-state index in [2.05, 4.69) is 4.98 Å². The molecular weight excluding hydrogens is 294 g/mol. The SMILES string of the molecule is COC(=O)c1cc(-c2c(C)ccc(O)c2C)cn2cc(N)nc12. The molecule has 23 heavy (non-hydrogen) atoms. The van der Waals surface area contributed by atoms with Crippen LogP contribution < -0.4 is 5.73 Å². The molecule has 1 aromatic carbocycles. The zero-order valence-corrected chi connectivity index (χ0v) is 13.1. The number of hydrogen-bond donors (Lipinski definition) is 2. The van der Waals surface area contributed by atoms with Crippen molar-refractivity contribution in [2.45, 2.75) is 13.8 Å². The summed E-state index contributed by atoms with van der Waals surface area (Å²) in [5.41, 5.74) is 9.89. The molecule has 0 amide bonds. The smallest absolute Gasteiger partial charge is 0.341 e. The number of hydrogen-bond acceptors (Lipinski definition) is 5. The van der Waals surface area contributed by atoms with Crippen LogP contribution in [-0.4, -0.2) is 27.6 Å².